The summed E-state index contributed by atoms with van der Waals surface area (Å²) in [4.78, 5) is 15.8. The van der Waals surface area contributed by atoms with Gasteiger partial charge in [-0.3, -0.25) is 4.79 Å². The highest BCUT2D eigenvalue weighted by atomic mass is 19.1. The number of benzene rings is 2. The second kappa shape index (κ2) is 10.7. The van der Waals surface area contributed by atoms with Gasteiger partial charge in [0.25, 0.3) is 0 Å². The first kappa shape index (κ1) is 23.7. The fraction of sp³-hybridized carbons (Fsp3) is 0.519. The van der Waals surface area contributed by atoms with E-state index in [0.717, 1.165) is 37.2 Å². The standard InChI is InChI=1S/C27H35FN2O3/c1-30-12-4-6-21(19-30)18-29-26(31)27(10-13-33-14-11-27)17-20-5-3-7-22(15-20)24-16-23(28)8-9-25(24)32-2/h3,5,7-9,15-16,21H,4,6,10-14,17-19H2,1-2H3,(H,29,31). The molecule has 2 aromatic rings. The SMILES string of the molecule is COc1ccc(F)cc1-c1cccc(CC2(C(=O)NCC3CCCN(C)C3)CCOCC2)c1. The van der Waals surface area contributed by atoms with Gasteiger partial charge in [-0.1, -0.05) is 24.3 Å². The first-order chi connectivity index (χ1) is 16.0. The van der Waals surface area contributed by atoms with E-state index in [1.54, 1.807) is 13.2 Å². The van der Waals surface area contributed by atoms with Gasteiger partial charge in [0.2, 0.25) is 5.91 Å². The Balaban J connectivity index is 1.52. The number of likely N-dealkylation sites (tertiary alicyclic amines) is 1. The van der Waals surface area contributed by atoms with Gasteiger partial charge < -0.3 is 19.7 Å². The smallest absolute Gasteiger partial charge is 0.226 e. The Labute approximate surface area is 196 Å². The van der Waals surface area contributed by atoms with Gasteiger partial charge in [0, 0.05) is 31.9 Å². The summed E-state index contributed by atoms with van der Waals surface area (Å²) in [7, 11) is 3.74. The van der Waals surface area contributed by atoms with Crippen molar-refractivity contribution in [2.45, 2.75) is 32.1 Å². The average molecular weight is 455 g/mol. The zero-order chi connectivity index (χ0) is 23.3. The molecule has 4 rings (SSSR count). The van der Waals surface area contributed by atoms with E-state index in [2.05, 4.69) is 29.4 Å². The number of halogens is 1. The molecule has 2 heterocycles. The minimum atomic E-state index is -0.483. The summed E-state index contributed by atoms with van der Waals surface area (Å²) in [5, 5.41) is 3.29. The van der Waals surface area contributed by atoms with Crippen LogP contribution in [-0.4, -0.2) is 57.8 Å². The molecule has 2 saturated heterocycles. The lowest BCUT2D eigenvalue weighted by Gasteiger charge is -2.37. The number of hydrogen-bond acceptors (Lipinski definition) is 4. The molecule has 1 atom stereocenters. The van der Waals surface area contributed by atoms with E-state index >= 15 is 0 Å². The van der Waals surface area contributed by atoms with Gasteiger partial charge in [-0.2, -0.15) is 0 Å². The fourth-order valence-corrected chi connectivity index (χ4v) is 5.26. The second-order valence-electron chi connectivity index (χ2n) is 9.59. The first-order valence-corrected chi connectivity index (χ1v) is 12.0. The third-order valence-corrected chi connectivity index (χ3v) is 7.15. The van der Waals surface area contributed by atoms with Crippen molar-refractivity contribution in [3.63, 3.8) is 0 Å². The highest BCUT2D eigenvalue weighted by Crippen LogP contribution is 2.37. The van der Waals surface area contributed by atoms with Crippen LogP contribution in [0.2, 0.25) is 0 Å². The van der Waals surface area contributed by atoms with E-state index in [4.69, 9.17) is 9.47 Å². The van der Waals surface area contributed by atoms with Crippen LogP contribution in [-0.2, 0) is 16.0 Å². The molecule has 0 saturated carbocycles. The second-order valence-corrected chi connectivity index (χ2v) is 9.59. The van der Waals surface area contributed by atoms with Crippen LogP contribution in [0.5, 0.6) is 5.75 Å². The number of carbonyl (C=O) groups excluding carboxylic acids is 1. The third kappa shape index (κ3) is 5.74. The maximum absolute atomic E-state index is 13.9. The number of hydrogen-bond donors (Lipinski definition) is 1. The molecular formula is C27H35FN2O3. The number of piperidine rings is 1. The number of ether oxygens (including phenoxy) is 2. The van der Waals surface area contributed by atoms with Crippen molar-refractivity contribution in [3.05, 3.63) is 53.8 Å². The predicted molar refractivity (Wildman–Crippen MR) is 128 cm³/mol. The molecule has 178 valence electrons. The molecule has 0 radical (unpaired) electrons. The minimum absolute atomic E-state index is 0.132. The average Bonchev–Trinajstić information content (AvgIpc) is 2.83. The normalized spacial score (nSPS) is 20.9. The molecule has 0 bridgehead atoms. The summed E-state index contributed by atoms with van der Waals surface area (Å²) in [6, 6.07) is 12.6. The largest absolute Gasteiger partial charge is 0.496 e. The molecule has 0 aromatic heterocycles. The van der Waals surface area contributed by atoms with Crippen LogP contribution in [0.4, 0.5) is 4.39 Å². The Morgan fingerprint density at radius 3 is 2.82 bits per heavy atom. The van der Waals surface area contributed by atoms with Crippen LogP contribution in [0.15, 0.2) is 42.5 Å². The Morgan fingerprint density at radius 1 is 1.24 bits per heavy atom. The molecule has 1 amide bonds. The van der Waals surface area contributed by atoms with Crippen molar-refractivity contribution in [3.8, 4) is 16.9 Å². The molecule has 5 nitrogen and oxygen atoms in total. The molecule has 33 heavy (non-hydrogen) atoms. The summed E-state index contributed by atoms with van der Waals surface area (Å²) in [6.07, 6.45) is 4.40. The molecular weight excluding hydrogens is 419 g/mol. The van der Waals surface area contributed by atoms with Gasteiger partial charge >= 0.3 is 0 Å². The van der Waals surface area contributed by atoms with Gasteiger partial charge in [0.1, 0.15) is 11.6 Å². The Kier molecular flexibility index (Phi) is 7.66. The lowest BCUT2D eigenvalue weighted by molar-refractivity contribution is -0.137. The lowest BCUT2D eigenvalue weighted by Crippen LogP contribution is -2.48. The quantitative estimate of drug-likeness (QED) is 0.678. The highest BCUT2D eigenvalue weighted by molar-refractivity contribution is 5.83. The monoisotopic (exact) mass is 454 g/mol. The molecule has 1 N–H and O–H groups in total. The number of carbonyl (C=O) groups is 1. The van der Waals surface area contributed by atoms with Gasteiger partial charge in [-0.15, -0.1) is 0 Å². The summed E-state index contributed by atoms with van der Waals surface area (Å²) >= 11 is 0. The van der Waals surface area contributed by atoms with Crippen molar-refractivity contribution in [2.75, 3.05) is 47.0 Å². The number of nitrogens with zero attached hydrogens (tertiary/aromatic N) is 1. The molecule has 2 aliphatic heterocycles. The zero-order valence-electron chi connectivity index (χ0n) is 19.7. The van der Waals surface area contributed by atoms with Crippen LogP contribution in [0, 0.1) is 17.2 Å². The molecule has 2 aliphatic rings. The molecule has 2 aromatic carbocycles. The van der Waals surface area contributed by atoms with Crippen LogP contribution >= 0.6 is 0 Å². The van der Waals surface area contributed by atoms with Crippen LogP contribution < -0.4 is 10.1 Å². The van der Waals surface area contributed by atoms with E-state index < -0.39 is 5.41 Å². The first-order valence-electron chi connectivity index (χ1n) is 12.0. The van der Waals surface area contributed by atoms with Gasteiger partial charge in [-0.05, 0) is 80.9 Å². The maximum atomic E-state index is 13.9. The van der Waals surface area contributed by atoms with Crippen molar-refractivity contribution in [1.29, 1.82) is 0 Å². The van der Waals surface area contributed by atoms with Crippen molar-refractivity contribution in [1.82, 2.24) is 10.2 Å². The highest BCUT2D eigenvalue weighted by Gasteiger charge is 2.40. The number of methoxy groups -OCH3 is 1. The predicted octanol–water partition coefficient (Wildman–Crippen LogP) is 4.30. The van der Waals surface area contributed by atoms with Crippen LogP contribution in [0.25, 0.3) is 11.1 Å². The molecule has 0 spiro atoms. The summed E-state index contributed by atoms with van der Waals surface area (Å²) in [6.45, 7) is 4.09. The summed E-state index contributed by atoms with van der Waals surface area (Å²) in [5.74, 6) is 0.968. The van der Waals surface area contributed by atoms with Gasteiger partial charge in [0.05, 0.1) is 12.5 Å². The van der Waals surface area contributed by atoms with Crippen molar-refractivity contribution in [2.24, 2.45) is 11.3 Å². The topological polar surface area (TPSA) is 50.8 Å². The van der Waals surface area contributed by atoms with Crippen LogP contribution in [0.3, 0.4) is 0 Å². The Hall–Kier alpha value is -2.44. The molecule has 2 fully saturated rings. The molecule has 1 unspecified atom stereocenters. The molecule has 6 heteroatoms. The maximum Gasteiger partial charge on any atom is 0.226 e. The number of rotatable bonds is 7. The van der Waals surface area contributed by atoms with Crippen molar-refractivity contribution < 1.29 is 18.7 Å². The number of amides is 1. The van der Waals surface area contributed by atoms with E-state index in [1.165, 1.54) is 18.6 Å². The minimum Gasteiger partial charge on any atom is -0.496 e. The Bertz CT molecular complexity index is 958. The van der Waals surface area contributed by atoms with E-state index in [1.807, 2.05) is 12.1 Å². The third-order valence-electron chi connectivity index (χ3n) is 7.15. The summed E-state index contributed by atoms with van der Waals surface area (Å²) < 4.78 is 25.0. The summed E-state index contributed by atoms with van der Waals surface area (Å²) in [5.41, 5.74) is 2.18. The lowest BCUT2D eigenvalue weighted by atomic mass is 9.74. The van der Waals surface area contributed by atoms with E-state index in [0.29, 0.717) is 49.7 Å². The Morgan fingerprint density at radius 2 is 2.06 bits per heavy atom. The zero-order valence-corrected chi connectivity index (χ0v) is 19.7. The van der Waals surface area contributed by atoms with Gasteiger partial charge in [-0.25, -0.2) is 4.39 Å². The van der Waals surface area contributed by atoms with Gasteiger partial charge in [0.15, 0.2) is 0 Å². The van der Waals surface area contributed by atoms with Crippen molar-refractivity contribution >= 4 is 5.91 Å². The fourth-order valence-electron chi connectivity index (χ4n) is 5.26. The number of nitrogens with one attached hydrogen (secondary N) is 1. The van der Waals surface area contributed by atoms with Crippen LogP contribution in [0.1, 0.15) is 31.2 Å². The van der Waals surface area contributed by atoms with E-state index in [-0.39, 0.29) is 11.7 Å². The van der Waals surface area contributed by atoms with E-state index in [9.17, 15) is 9.18 Å². The molecule has 0 aliphatic carbocycles.